The first-order valence-electron chi connectivity index (χ1n) is 10.1. The number of carbonyl (C=O) groups excluding carboxylic acids is 2. The molecule has 2 aromatic carbocycles. The Labute approximate surface area is 165 Å². The Hall–Kier alpha value is -2.66. The van der Waals surface area contributed by atoms with Crippen molar-refractivity contribution in [3.8, 4) is 5.75 Å². The fraction of sp³-hybridized carbons (Fsp3) is 0.391. The lowest BCUT2D eigenvalue weighted by Gasteiger charge is -2.24. The van der Waals surface area contributed by atoms with Gasteiger partial charge in [0.05, 0.1) is 17.7 Å². The summed E-state index contributed by atoms with van der Waals surface area (Å²) in [5.41, 5.74) is 2.26. The maximum atomic E-state index is 12.4. The van der Waals surface area contributed by atoms with Crippen LogP contribution in [0.4, 0.5) is 0 Å². The fourth-order valence-electron chi connectivity index (χ4n) is 4.06. The monoisotopic (exact) mass is 378 g/mol. The van der Waals surface area contributed by atoms with Gasteiger partial charge in [-0.1, -0.05) is 24.3 Å². The number of amides is 2. The fourth-order valence-corrected chi connectivity index (χ4v) is 4.06. The summed E-state index contributed by atoms with van der Waals surface area (Å²) >= 11 is 0. The number of hydrogen-bond donors (Lipinski definition) is 0. The zero-order valence-electron chi connectivity index (χ0n) is 16.3. The van der Waals surface area contributed by atoms with Crippen LogP contribution in [0.5, 0.6) is 5.75 Å². The normalized spacial score (nSPS) is 17.8. The van der Waals surface area contributed by atoms with Crippen LogP contribution in [0.3, 0.4) is 0 Å². The molecule has 2 aliphatic heterocycles. The largest absolute Gasteiger partial charge is 0.494 e. The topological polar surface area (TPSA) is 49.9 Å². The van der Waals surface area contributed by atoms with Crippen molar-refractivity contribution in [2.24, 2.45) is 0 Å². The van der Waals surface area contributed by atoms with Gasteiger partial charge in [0.2, 0.25) is 0 Å². The van der Waals surface area contributed by atoms with Gasteiger partial charge in [0, 0.05) is 12.6 Å². The molecule has 146 valence electrons. The SMILES string of the molecule is CC(c1cccc(OCCCN2C(=O)c3ccccc3C2=O)c1)N1CCCC1. The van der Waals surface area contributed by atoms with Gasteiger partial charge in [-0.25, -0.2) is 0 Å². The van der Waals surface area contributed by atoms with Crippen molar-refractivity contribution in [3.63, 3.8) is 0 Å². The number of likely N-dealkylation sites (tertiary alicyclic amines) is 1. The Kier molecular flexibility index (Phi) is 5.44. The molecule has 0 aliphatic carbocycles. The van der Waals surface area contributed by atoms with E-state index >= 15 is 0 Å². The highest BCUT2D eigenvalue weighted by molar-refractivity contribution is 6.21. The number of benzene rings is 2. The molecule has 0 saturated carbocycles. The lowest BCUT2D eigenvalue weighted by atomic mass is 10.1. The summed E-state index contributed by atoms with van der Waals surface area (Å²) in [5.74, 6) is 0.426. The van der Waals surface area contributed by atoms with Gasteiger partial charge in [0.1, 0.15) is 5.75 Å². The number of rotatable bonds is 7. The predicted molar refractivity (Wildman–Crippen MR) is 108 cm³/mol. The maximum Gasteiger partial charge on any atom is 0.261 e. The van der Waals surface area contributed by atoms with E-state index in [0.29, 0.717) is 36.7 Å². The van der Waals surface area contributed by atoms with Crippen LogP contribution in [0.1, 0.15) is 58.5 Å². The van der Waals surface area contributed by atoms with E-state index in [4.69, 9.17) is 4.74 Å². The van der Waals surface area contributed by atoms with Crippen molar-refractivity contribution in [3.05, 3.63) is 65.2 Å². The van der Waals surface area contributed by atoms with Gasteiger partial charge in [0.25, 0.3) is 11.8 Å². The van der Waals surface area contributed by atoms with Crippen LogP contribution in [0.25, 0.3) is 0 Å². The van der Waals surface area contributed by atoms with Crippen LogP contribution in [-0.2, 0) is 0 Å². The summed E-state index contributed by atoms with van der Waals surface area (Å²) in [4.78, 5) is 28.6. The first kappa shape index (κ1) is 18.7. The minimum absolute atomic E-state index is 0.206. The number of nitrogens with zero attached hydrogens (tertiary/aromatic N) is 2. The molecule has 1 fully saturated rings. The average molecular weight is 378 g/mol. The van der Waals surface area contributed by atoms with Crippen molar-refractivity contribution in [2.45, 2.75) is 32.2 Å². The van der Waals surface area contributed by atoms with E-state index in [1.807, 2.05) is 12.1 Å². The molecule has 0 radical (unpaired) electrons. The highest BCUT2D eigenvalue weighted by Gasteiger charge is 2.34. The minimum atomic E-state index is -0.206. The van der Waals surface area contributed by atoms with Crippen LogP contribution in [0.15, 0.2) is 48.5 Å². The zero-order chi connectivity index (χ0) is 19.5. The second-order valence-electron chi connectivity index (χ2n) is 7.50. The zero-order valence-corrected chi connectivity index (χ0v) is 16.3. The molecule has 1 atom stereocenters. The van der Waals surface area contributed by atoms with Crippen molar-refractivity contribution in [1.82, 2.24) is 9.80 Å². The predicted octanol–water partition coefficient (Wildman–Crippen LogP) is 3.91. The lowest BCUT2D eigenvalue weighted by molar-refractivity contribution is 0.0646. The molecule has 0 aromatic heterocycles. The van der Waals surface area contributed by atoms with Gasteiger partial charge < -0.3 is 4.74 Å². The Morgan fingerprint density at radius 3 is 2.32 bits per heavy atom. The third-order valence-corrected chi connectivity index (χ3v) is 5.70. The number of hydrogen-bond acceptors (Lipinski definition) is 4. The molecular weight excluding hydrogens is 352 g/mol. The van der Waals surface area contributed by atoms with E-state index in [2.05, 4.69) is 24.0 Å². The molecule has 1 saturated heterocycles. The Morgan fingerprint density at radius 1 is 0.964 bits per heavy atom. The maximum absolute atomic E-state index is 12.4. The van der Waals surface area contributed by atoms with Crippen molar-refractivity contribution >= 4 is 11.8 Å². The molecule has 2 amide bonds. The van der Waals surface area contributed by atoms with Crippen molar-refractivity contribution < 1.29 is 14.3 Å². The summed E-state index contributed by atoms with van der Waals surface area (Å²) < 4.78 is 5.90. The lowest BCUT2D eigenvalue weighted by Crippen LogP contribution is -2.31. The Morgan fingerprint density at radius 2 is 1.64 bits per heavy atom. The molecule has 5 heteroatoms. The van der Waals surface area contributed by atoms with Crippen LogP contribution in [0.2, 0.25) is 0 Å². The first-order chi connectivity index (χ1) is 13.6. The van der Waals surface area contributed by atoms with Crippen LogP contribution in [0, 0.1) is 0 Å². The minimum Gasteiger partial charge on any atom is -0.494 e. The molecule has 2 aromatic rings. The van der Waals surface area contributed by atoms with Gasteiger partial charge in [-0.05, 0) is 69.1 Å². The molecule has 4 rings (SSSR count). The van der Waals surface area contributed by atoms with Gasteiger partial charge in [-0.3, -0.25) is 19.4 Å². The molecule has 0 spiro atoms. The van der Waals surface area contributed by atoms with Gasteiger partial charge in [-0.2, -0.15) is 0 Å². The molecule has 2 aliphatic rings. The van der Waals surface area contributed by atoms with Gasteiger partial charge >= 0.3 is 0 Å². The quantitative estimate of drug-likeness (QED) is 0.541. The molecule has 5 nitrogen and oxygen atoms in total. The van der Waals surface area contributed by atoms with Crippen LogP contribution >= 0.6 is 0 Å². The molecular formula is C23H26N2O3. The smallest absolute Gasteiger partial charge is 0.261 e. The van der Waals surface area contributed by atoms with Crippen molar-refractivity contribution in [2.75, 3.05) is 26.2 Å². The van der Waals surface area contributed by atoms with Gasteiger partial charge in [-0.15, -0.1) is 0 Å². The molecule has 0 bridgehead atoms. The standard InChI is InChI=1S/C23H26N2O3/c1-17(24-12-4-5-13-24)18-8-6-9-19(16-18)28-15-7-14-25-22(26)20-10-2-3-11-21(20)23(25)27/h2-3,6,8-11,16-17H,4-5,7,12-15H2,1H3. The summed E-state index contributed by atoms with van der Waals surface area (Å²) in [6.45, 7) is 5.40. The highest BCUT2D eigenvalue weighted by Crippen LogP contribution is 2.27. The van der Waals surface area contributed by atoms with E-state index in [0.717, 1.165) is 18.8 Å². The number of ether oxygens (including phenoxy) is 1. The Bertz CT molecular complexity index is 839. The average Bonchev–Trinajstić information content (AvgIpc) is 3.34. The summed E-state index contributed by atoms with van der Waals surface area (Å²) in [6.07, 6.45) is 3.16. The van der Waals surface area contributed by atoms with E-state index in [1.165, 1.54) is 23.3 Å². The van der Waals surface area contributed by atoms with Gasteiger partial charge in [0.15, 0.2) is 0 Å². The van der Waals surface area contributed by atoms with Crippen LogP contribution < -0.4 is 4.74 Å². The molecule has 28 heavy (non-hydrogen) atoms. The van der Waals surface area contributed by atoms with E-state index in [1.54, 1.807) is 24.3 Å². The number of imide groups is 1. The van der Waals surface area contributed by atoms with Crippen molar-refractivity contribution in [1.29, 1.82) is 0 Å². The summed E-state index contributed by atoms with van der Waals surface area (Å²) in [7, 11) is 0. The number of fused-ring (bicyclic) bond motifs is 1. The second-order valence-corrected chi connectivity index (χ2v) is 7.50. The van der Waals surface area contributed by atoms with E-state index in [9.17, 15) is 9.59 Å². The number of carbonyl (C=O) groups is 2. The first-order valence-corrected chi connectivity index (χ1v) is 10.1. The Balaban J connectivity index is 1.30. The summed E-state index contributed by atoms with van der Waals surface area (Å²) in [5, 5.41) is 0. The molecule has 1 unspecified atom stereocenters. The highest BCUT2D eigenvalue weighted by atomic mass is 16.5. The third kappa shape index (κ3) is 3.67. The second kappa shape index (κ2) is 8.15. The van der Waals surface area contributed by atoms with E-state index in [-0.39, 0.29) is 11.8 Å². The summed E-state index contributed by atoms with van der Waals surface area (Å²) in [6, 6.07) is 15.6. The van der Waals surface area contributed by atoms with Crippen LogP contribution in [-0.4, -0.2) is 47.9 Å². The molecule has 2 heterocycles. The van der Waals surface area contributed by atoms with E-state index < -0.39 is 0 Å². The molecule has 0 N–H and O–H groups in total. The third-order valence-electron chi connectivity index (χ3n) is 5.70.